The van der Waals surface area contributed by atoms with Crippen LogP contribution in [0.1, 0.15) is 31.5 Å². The molecule has 5 heteroatoms. The van der Waals surface area contributed by atoms with Gasteiger partial charge in [0.1, 0.15) is 5.69 Å². The molecule has 2 aromatic heterocycles. The average molecular weight is 232 g/mol. The molecular formula is C12H16N4O. The van der Waals surface area contributed by atoms with Crippen LogP contribution in [0.15, 0.2) is 22.6 Å². The fourth-order valence-corrected chi connectivity index (χ4v) is 1.57. The van der Waals surface area contributed by atoms with Crippen molar-refractivity contribution in [1.29, 1.82) is 0 Å². The highest BCUT2D eigenvalue weighted by Crippen LogP contribution is 2.18. The second-order valence-corrected chi connectivity index (χ2v) is 3.89. The molecule has 1 atom stereocenters. The lowest BCUT2D eigenvalue weighted by atomic mass is 10.3. The highest BCUT2D eigenvalue weighted by molar-refractivity contribution is 5.45. The van der Waals surface area contributed by atoms with Crippen molar-refractivity contribution in [1.82, 2.24) is 20.5 Å². The monoisotopic (exact) mass is 232 g/mol. The molecule has 0 bridgehead atoms. The van der Waals surface area contributed by atoms with Crippen molar-refractivity contribution >= 4 is 0 Å². The standard InChI is InChI=1S/C12H16N4O/c1-4-13-9(3)11-15-16-12(17-11)10-7-5-6-8(2)14-10/h5-7,9,13H,4H2,1-3H3. The zero-order chi connectivity index (χ0) is 12.3. The molecule has 0 aliphatic rings. The molecule has 1 unspecified atom stereocenters. The molecule has 1 N–H and O–H groups in total. The zero-order valence-electron chi connectivity index (χ0n) is 10.3. The van der Waals surface area contributed by atoms with Crippen molar-refractivity contribution in [2.75, 3.05) is 6.54 Å². The second kappa shape index (κ2) is 5.05. The molecule has 0 radical (unpaired) electrons. The molecule has 0 amide bonds. The molecule has 0 saturated heterocycles. The molecule has 17 heavy (non-hydrogen) atoms. The maximum Gasteiger partial charge on any atom is 0.266 e. The Bertz CT molecular complexity index is 495. The third-order valence-electron chi connectivity index (χ3n) is 2.43. The van der Waals surface area contributed by atoms with Gasteiger partial charge in [-0.25, -0.2) is 4.98 Å². The van der Waals surface area contributed by atoms with E-state index in [1.165, 1.54) is 0 Å². The summed E-state index contributed by atoms with van der Waals surface area (Å²) in [5.74, 6) is 1.05. The summed E-state index contributed by atoms with van der Waals surface area (Å²) in [5, 5.41) is 11.3. The largest absolute Gasteiger partial charge is 0.418 e. The van der Waals surface area contributed by atoms with Crippen LogP contribution in [0, 0.1) is 6.92 Å². The minimum absolute atomic E-state index is 0.0612. The third kappa shape index (κ3) is 2.68. The molecule has 0 saturated carbocycles. The Morgan fingerprint density at radius 3 is 2.88 bits per heavy atom. The van der Waals surface area contributed by atoms with Gasteiger partial charge in [0.15, 0.2) is 0 Å². The fourth-order valence-electron chi connectivity index (χ4n) is 1.57. The van der Waals surface area contributed by atoms with Gasteiger partial charge < -0.3 is 9.73 Å². The maximum atomic E-state index is 5.59. The minimum atomic E-state index is 0.0612. The summed E-state index contributed by atoms with van der Waals surface area (Å²) < 4.78 is 5.59. The van der Waals surface area contributed by atoms with Gasteiger partial charge in [0.25, 0.3) is 5.89 Å². The summed E-state index contributed by atoms with van der Waals surface area (Å²) in [5.41, 5.74) is 1.65. The lowest BCUT2D eigenvalue weighted by molar-refractivity contribution is 0.428. The predicted octanol–water partition coefficient (Wildman–Crippen LogP) is 2.11. The van der Waals surface area contributed by atoms with Crippen LogP contribution in [-0.4, -0.2) is 21.7 Å². The first-order valence-electron chi connectivity index (χ1n) is 5.71. The third-order valence-corrected chi connectivity index (χ3v) is 2.43. The van der Waals surface area contributed by atoms with E-state index in [1.807, 2.05) is 39.0 Å². The number of hydrogen-bond donors (Lipinski definition) is 1. The first kappa shape index (κ1) is 11.7. The van der Waals surface area contributed by atoms with E-state index in [0.717, 1.165) is 12.2 Å². The van der Waals surface area contributed by atoms with Gasteiger partial charge in [0.2, 0.25) is 5.89 Å². The molecule has 2 aromatic rings. The number of hydrogen-bond acceptors (Lipinski definition) is 5. The summed E-state index contributed by atoms with van der Waals surface area (Å²) >= 11 is 0. The van der Waals surface area contributed by atoms with E-state index in [1.54, 1.807) is 0 Å². The van der Waals surface area contributed by atoms with Gasteiger partial charge in [-0.05, 0) is 32.5 Å². The Kier molecular flexibility index (Phi) is 3.49. The number of aryl methyl sites for hydroxylation is 1. The summed E-state index contributed by atoms with van der Waals surface area (Å²) in [4.78, 5) is 4.35. The van der Waals surface area contributed by atoms with Crippen LogP contribution in [0.3, 0.4) is 0 Å². The first-order valence-corrected chi connectivity index (χ1v) is 5.71. The Balaban J connectivity index is 2.23. The van der Waals surface area contributed by atoms with Gasteiger partial charge in [-0.2, -0.15) is 0 Å². The summed E-state index contributed by atoms with van der Waals surface area (Å²) in [6.45, 7) is 6.82. The Morgan fingerprint density at radius 1 is 1.35 bits per heavy atom. The van der Waals surface area contributed by atoms with Gasteiger partial charge in [0.05, 0.1) is 6.04 Å². The predicted molar refractivity (Wildman–Crippen MR) is 64.4 cm³/mol. The molecule has 2 rings (SSSR count). The molecule has 0 fully saturated rings. The molecule has 0 aliphatic heterocycles. The van der Waals surface area contributed by atoms with Crippen molar-refractivity contribution < 1.29 is 4.42 Å². The number of aromatic nitrogens is 3. The summed E-state index contributed by atoms with van der Waals surface area (Å²) in [7, 11) is 0. The van der Waals surface area contributed by atoms with E-state index in [9.17, 15) is 0 Å². The fraction of sp³-hybridized carbons (Fsp3) is 0.417. The molecule has 0 aliphatic carbocycles. The van der Waals surface area contributed by atoms with Crippen LogP contribution >= 0.6 is 0 Å². The van der Waals surface area contributed by atoms with Crippen LogP contribution in [0.2, 0.25) is 0 Å². The number of rotatable bonds is 4. The summed E-state index contributed by atoms with van der Waals surface area (Å²) in [6.07, 6.45) is 0. The van der Waals surface area contributed by atoms with E-state index >= 15 is 0 Å². The molecule has 0 spiro atoms. The van der Waals surface area contributed by atoms with Crippen LogP contribution in [-0.2, 0) is 0 Å². The summed E-state index contributed by atoms with van der Waals surface area (Å²) in [6, 6.07) is 5.78. The topological polar surface area (TPSA) is 63.8 Å². The van der Waals surface area contributed by atoms with Gasteiger partial charge in [0, 0.05) is 5.69 Å². The Labute approximate surface area is 100 Å². The van der Waals surface area contributed by atoms with Crippen molar-refractivity contribution in [3.8, 4) is 11.6 Å². The Hall–Kier alpha value is -1.75. The first-order chi connectivity index (χ1) is 8.20. The zero-order valence-corrected chi connectivity index (χ0v) is 10.3. The smallest absolute Gasteiger partial charge is 0.266 e. The minimum Gasteiger partial charge on any atom is -0.418 e. The van der Waals surface area contributed by atoms with Crippen molar-refractivity contribution in [2.24, 2.45) is 0 Å². The number of pyridine rings is 1. The SMILES string of the molecule is CCNC(C)c1nnc(-c2cccc(C)n2)o1. The van der Waals surface area contributed by atoms with E-state index in [0.29, 0.717) is 17.5 Å². The van der Waals surface area contributed by atoms with Crippen molar-refractivity contribution in [2.45, 2.75) is 26.8 Å². The van der Waals surface area contributed by atoms with Crippen molar-refractivity contribution in [3.63, 3.8) is 0 Å². The lowest BCUT2D eigenvalue weighted by Gasteiger charge is -2.05. The van der Waals surface area contributed by atoms with Crippen LogP contribution in [0.5, 0.6) is 0 Å². The van der Waals surface area contributed by atoms with Crippen LogP contribution in [0.25, 0.3) is 11.6 Å². The molecule has 90 valence electrons. The van der Waals surface area contributed by atoms with Gasteiger partial charge in [-0.15, -0.1) is 10.2 Å². The lowest BCUT2D eigenvalue weighted by Crippen LogP contribution is -2.17. The molecule has 0 aromatic carbocycles. The van der Waals surface area contributed by atoms with Gasteiger partial charge in [-0.3, -0.25) is 0 Å². The molecular weight excluding hydrogens is 216 g/mol. The van der Waals surface area contributed by atoms with Crippen LogP contribution < -0.4 is 5.32 Å². The number of nitrogens with one attached hydrogen (secondary N) is 1. The van der Waals surface area contributed by atoms with E-state index in [2.05, 4.69) is 20.5 Å². The van der Waals surface area contributed by atoms with Gasteiger partial charge in [-0.1, -0.05) is 13.0 Å². The average Bonchev–Trinajstić information content (AvgIpc) is 2.78. The Morgan fingerprint density at radius 2 is 2.18 bits per heavy atom. The number of nitrogens with zero attached hydrogens (tertiary/aromatic N) is 3. The maximum absolute atomic E-state index is 5.59. The van der Waals surface area contributed by atoms with E-state index < -0.39 is 0 Å². The quantitative estimate of drug-likeness (QED) is 0.874. The highest BCUT2D eigenvalue weighted by atomic mass is 16.4. The van der Waals surface area contributed by atoms with Gasteiger partial charge >= 0.3 is 0 Å². The molecule has 2 heterocycles. The van der Waals surface area contributed by atoms with Crippen LogP contribution in [0.4, 0.5) is 0 Å². The highest BCUT2D eigenvalue weighted by Gasteiger charge is 2.14. The molecule has 5 nitrogen and oxygen atoms in total. The normalized spacial score (nSPS) is 12.6. The van der Waals surface area contributed by atoms with Crippen molar-refractivity contribution in [3.05, 3.63) is 29.8 Å². The van der Waals surface area contributed by atoms with E-state index in [-0.39, 0.29) is 6.04 Å². The van der Waals surface area contributed by atoms with E-state index in [4.69, 9.17) is 4.42 Å². The second-order valence-electron chi connectivity index (χ2n) is 3.89.